The van der Waals surface area contributed by atoms with Gasteiger partial charge in [0.25, 0.3) is 0 Å². The number of piperazine rings is 1. The first-order valence-corrected chi connectivity index (χ1v) is 7.70. The predicted octanol–water partition coefficient (Wildman–Crippen LogP) is 2.95. The summed E-state index contributed by atoms with van der Waals surface area (Å²) in [5, 5.41) is 4.31. The second-order valence-corrected chi connectivity index (χ2v) is 6.08. The van der Waals surface area contributed by atoms with Crippen molar-refractivity contribution in [1.29, 1.82) is 0 Å². The second-order valence-electron chi connectivity index (χ2n) is 5.67. The molecular weight excluding hydrogens is 319 g/mol. The van der Waals surface area contributed by atoms with Gasteiger partial charge in [0.1, 0.15) is 5.82 Å². The number of benzene rings is 1. The number of hydrogen-bond donors (Lipinski definition) is 1. The quantitative estimate of drug-likeness (QED) is 0.932. The fraction of sp³-hybridized carbons (Fsp3) is 0.438. The third-order valence-electron chi connectivity index (χ3n) is 4.13. The zero-order valence-corrected chi connectivity index (χ0v) is 14.5. The molecule has 0 bridgehead atoms. The fourth-order valence-corrected chi connectivity index (χ4v) is 3.06. The predicted molar refractivity (Wildman–Crippen MR) is 92.7 cm³/mol. The van der Waals surface area contributed by atoms with Gasteiger partial charge in [0.15, 0.2) is 0 Å². The molecule has 1 fully saturated rings. The van der Waals surface area contributed by atoms with E-state index in [1.54, 1.807) is 0 Å². The number of hydrogen-bond acceptors (Lipinski definition) is 3. The molecule has 0 amide bonds. The highest BCUT2D eigenvalue weighted by Gasteiger charge is 2.26. The van der Waals surface area contributed by atoms with Gasteiger partial charge in [0.05, 0.1) is 6.04 Å². The highest BCUT2D eigenvalue weighted by Crippen LogP contribution is 2.24. The fourth-order valence-electron chi connectivity index (χ4n) is 2.86. The smallest absolute Gasteiger partial charge is 0.127 e. The lowest BCUT2D eigenvalue weighted by Gasteiger charge is -2.35. The van der Waals surface area contributed by atoms with Crippen molar-refractivity contribution >= 4 is 24.0 Å². The molecule has 2 aromatic rings. The number of nitrogens with one attached hydrogen (secondary N) is 1. The van der Waals surface area contributed by atoms with Crippen LogP contribution in [0.2, 0.25) is 5.02 Å². The van der Waals surface area contributed by atoms with Crippen LogP contribution in [0, 0.1) is 6.92 Å². The number of aryl methyl sites for hydroxylation is 2. The number of nitrogens with zero attached hydrogens (tertiary/aromatic N) is 3. The molecule has 0 radical (unpaired) electrons. The van der Waals surface area contributed by atoms with Gasteiger partial charge in [-0.25, -0.2) is 4.98 Å². The summed E-state index contributed by atoms with van der Waals surface area (Å²) in [7, 11) is 2.05. The Morgan fingerprint density at radius 2 is 2.23 bits per heavy atom. The maximum absolute atomic E-state index is 6.25. The van der Waals surface area contributed by atoms with Crippen molar-refractivity contribution in [3.63, 3.8) is 0 Å². The molecule has 0 aliphatic carbocycles. The second kappa shape index (κ2) is 7.47. The third kappa shape index (κ3) is 3.63. The molecule has 22 heavy (non-hydrogen) atoms. The van der Waals surface area contributed by atoms with E-state index in [9.17, 15) is 0 Å². The van der Waals surface area contributed by atoms with Crippen molar-refractivity contribution in [3.8, 4) is 0 Å². The molecule has 1 aliphatic rings. The summed E-state index contributed by atoms with van der Waals surface area (Å²) in [6, 6.07) is 6.64. The molecule has 4 nitrogen and oxygen atoms in total. The molecule has 1 aliphatic heterocycles. The van der Waals surface area contributed by atoms with Gasteiger partial charge in [-0.05, 0) is 24.1 Å². The summed E-state index contributed by atoms with van der Waals surface area (Å²) < 4.78 is 2.10. The molecule has 6 heteroatoms. The van der Waals surface area contributed by atoms with Crippen LogP contribution in [0.4, 0.5) is 0 Å². The van der Waals surface area contributed by atoms with Gasteiger partial charge in [0.2, 0.25) is 0 Å². The van der Waals surface area contributed by atoms with E-state index in [1.165, 1.54) is 5.56 Å². The van der Waals surface area contributed by atoms with E-state index in [4.69, 9.17) is 11.6 Å². The van der Waals surface area contributed by atoms with Crippen molar-refractivity contribution in [2.45, 2.75) is 19.5 Å². The Labute approximate surface area is 142 Å². The van der Waals surface area contributed by atoms with Gasteiger partial charge in [-0.3, -0.25) is 4.90 Å². The van der Waals surface area contributed by atoms with Crippen molar-refractivity contribution in [1.82, 2.24) is 19.8 Å². The molecule has 1 N–H and O–H groups in total. The molecule has 1 aromatic heterocycles. The Morgan fingerprint density at radius 3 is 2.91 bits per heavy atom. The Bertz CT molecular complexity index is 626. The van der Waals surface area contributed by atoms with Gasteiger partial charge >= 0.3 is 0 Å². The lowest BCUT2D eigenvalue weighted by Crippen LogP contribution is -2.46. The topological polar surface area (TPSA) is 33.1 Å². The molecule has 2 heterocycles. The first kappa shape index (κ1) is 17.3. The molecule has 120 valence electrons. The van der Waals surface area contributed by atoms with E-state index in [2.05, 4.69) is 45.0 Å². The molecule has 1 atom stereocenters. The van der Waals surface area contributed by atoms with Crippen LogP contribution in [0.1, 0.15) is 23.0 Å². The summed E-state index contributed by atoms with van der Waals surface area (Å²) in [6.07, 6.45) is 3.87. The van der Waals surface area contributed by atoms with Crippen LogP contribution in [0.5, 0.6) is 0 Å². The van der Waals surface area contributed by atoms with Gasteiger partial charge in [-0.15, -0.1) is 12.4 Å². The summed E-state index contributed by atoms with van der Waals surface area (Å²) >= 11 is 6.25. The van der Waals surface area contributed by atoms with Crippen LogP contribution < -0.4 is 5.32 Å². The summed E-state index contributed by atoms with van der Waals surface area (Å²) in [6.45, 7) is 5.90. The number of imidazole rings is 1. The molecule has 1 saturated heterocycles. The standard InChI is InChI=1S/C16H21ClN4.ClH/c1-12-3-4-13(9-14(12)17)11-21-8-5-18-10-15(21)16-19-6-7-20(16)2;/h3-4,6-7,9,15,18H,5,8,10-11H2,1-2H3;1H. The van der Waals surface area contributed by atoms with Crippen LogP contribution >= 0.6 is 24.0 Å². The van der Waals surface area contributed by atoms with E-state index in [0.29, 0.717) is 6.04 Å². The van der Waals surface area contributed by atoms with E-state index >= 15 is 0 Å². The van der Waals surface area contributed by atoms with E-state index < -0.39 is 0 Å². The largest absolute Gasteiger partial charge is 0.337 e. The highest BCUT2D eigenvalue weighted by molar-refractivity contribution is 6.31. The first-order valence-electron chi connectivity index (χ1n) is 7.32. The summed E-state index contributed by atoms with van der Waals surface area (Å²) in [4.78, 5) is 6.99. The van der Waals surface area contributed by atoms with Gasteiger partial charge in [-0.1, -0.05) is 23.7 Å². The molecule has 0 spiro atoms. The van der Waals surface area contributed by atoms with Crippen LogP contribution in [-0.4, -0.2) is 34.1 Å². The normalized spacial score (nSPS) is 19.0. The van der Waals surface area contributed by atoms with Crippen LogP contribution in [0.25, 0.3) is 0 Å². The molecular formula is C16H22Cl2N4. The van der Waals surface area contributed by atoms with Crippen molar-refractivity contribution < 1.29 is 0 Å². The van der Waals surface area contributed by atoms with Crippen molar-refractivity contribution in [2.24, 2.45) is 7.05 Å². The van der Waals surface area contributed by atoms with Gasteiger partial charge < -0.3 is 9.88 Å². The number of halogens is 2. The van der Waals surface area contributed by atoms with Crippen LogP contribution in [0.3, 0.4) is 0 Å². The maximum atomic E-state index is 6.25. The monoisotopic (exact) mass is 340 g/mol. The SMILES string of the molecule is Cc1ccc(CN2CCNCC2c2nccn2C)cc1Cl.Cl. The molecule has 3 rings (SSSR count). The molecule has 0 saturated carbocycles. The van der Waals surface area contributed by atoms with Gasteiger partial charge in [-0.2, -0.15) is 0 Å². The summed E-state index contributed by atoms with van der Waals surface area (Å²) in [5.74, 6) is 1.11. The Morgan fingerprint density at radius 1 is 1.41 bits per heavy atom. The van der Waals surface area contributed by atoms with Crippen molar-refractivity contribution in [2.75, 3.05) is 19.6 Å². The Balaban J connectivity index is 0.00000176. The lowest BCUT2D eigenvalue weighted by molar-refractivity contribution is 0.145. The molecule has 1 aromatic carbocycles. The minimum atomic E-state index is 0. The molecule has 1 unspecified atom stereocenters. The average Bonchev–Trinajstić information content (AvgIpc) is 2.90. The first-order chi connectivity index (χ1) is 10.1. The van der Waals surface area contributed by atoms with Crippen LogP contribution in [0.15, 0.2) is 30.6 Å². The van der Waals surface area contributed by atoms with E-state index in [1.807, 2.05) is 19.3 Å². The Kier molecular flexibility index (Phi) is 5.87. The Hall–Kier alpha value is -1.07. The van der Waals surface area contributed by atoms with E-state index in [-0.39, 0.29) is 12.4 Å². The van der Waals surface area contributed by atoms with Crippen LogP contribution in [-0.2, 0) is 13.6 Å². The van der Waals surface area contributed by atoms with Crippen molar-refractivity contribution in [3.05, 3.63) is 52.6 Å². The maximum Gasteiger partial charge on any atom is 0.127 e. The highest BCUT2D eigenvalue weighted by atomic mass is 35.5. The minimum Gasteiger partial charge on any atom is -0.337 e. The lowest BCUT2D eigenvalue weighted by atomic mass is 10.1. The minimum absolute atomic E-state index is 0. The third-order valence-corrected chi connectivity index (χ3v) is 4.54. The number of aromatic nitrogens is 2. The zero-order chi connectivity index (χ0) is 14.8. The summed E-state index contributed by atoms with van der Waals surface area (Å²) in [5.41, 5.74) is 2.38. The number of rotatable bonds is 3. The average molecular weight is 341 g/mol. The zero-order valence-electron chi connectivity index (χ0n) is 12.9. The van der Waals surface area contributed by atoms with Gasteiger partial charge in [0, 0.05) is 50.6 Å². The van der Waals surface area contributed by atoms with E-state index in [0.717, 1.165) is 42.6 Å².